The van der Waals surface area contributed by atoms with E-state index in [1.54, 1.807) is 0 Å². The number of hydrogen-bond acceptors (Lipinski definition) is 4. The number of unbranched alkanes of at least 4 members (excludes halogenated alkanes) is 5. The van der Waals surface area contributed by atoms with Crippen LogP contribution < -0.4 is 5.32 Å². The number of halogens is 1. The number of imidazole rings is 1. The largest absolute Gasteiger partial charge is 0.462 e. The number of benzene rings is 2. The van der Waals surface area contributed by atoms with Crippen LogP contribution in [0.5, 0.6) is 0 Å². The minimum Gasteiger partial charge on any atom is -0.462 e. The number of hydrogen-bond donors (Lipinski definition) is 1. The summed E-state index contributed by atoms with van der Waals surface area (Å²) in [6.45, 7) is 4.59. The van der Waals surface area contributed by atoms with Gasteiger partial charge in [-0.1, -0.05) is 79.2 Å². The maximum Gasteiger partial charge on any atom is 0.338 e. The number of allylic oxidation sites excluding steroid dienone is 1. The Kier molecular flexibility index (Phi) is 7.30. The molecular formula is C26H30BrN3O2. The molecular weight excluding hydrogens is 466 g/mol. The second-order valence-corrected chi connectivity index (χ2v) is 9.23. The summed E-state index contributed by atoms with van der Waals surface area (Å²) < 4.78 is 8.83. The summed E-state index contributed by atoms with van der Waals surface area (Å²) in [5.41, 5.74) is 4.30. The molecule has 3 aromatic rings. The average Bonchev–Trinajstić information content (AvgIpc) is 3.15. The number of rotatable bonds is 9. The van der Waals surface area contributed by atoms with E-state index in [-0.39, 0.29) is 12.0 Å². The number of carbonyl (C=O) groups excluding carboxylic acids is 1. The first-order valence-electron chi connectivity index (χ1n) is 11.5. The van der Waals surface area contributed by atoms with Gasteiger partial charge < -0.3 is 10.1 Å². The van der Waals surface area contributed by atoms with Gasteiger partial charge in [0.15, 0.2) is 0 Å². The van der Waals surface area contributed by atoms with Gasteiger partial charge in [0.25, 0.3) is 0 Å². The summed E-state index contributed by atoms with van der Waals surface area (Å²) in [5.74, 6) is 0.470. The molecule has 1 unspecified atom stereocenters. The number of carbonyl (C=O) groups is 1. The van der Waals surface area contributed by atoms with Gasteiger partial charge in [-0.3, -0.25) is 4.57 Å². The Labute approximate surface area is 198 Å². The lowest BCUT2D eigenvalue weighted by Gasteiger charge is -2.30. The Morgan fingerprint density at radius 1 is 1.09 bits per heavy atom. The van der Waals surface area contributed by atoms with Crippen LogP contribution in [0.15, 0.2) is 64.3 Å². The molecule has 1 atom stereocenters. The number of aromatic nitrogens is 2. The van der Waals surface area contributed by atoms with Crippen molar-refractivity contribution in [2.45, 2.75) is 58.4 Å². The van der Waals surface area contributed by atoms with Gasteiger partial charge in [-0.2, -0.15) is 0 Å². The molecule has 0 bridgehead atoms. The lowest BCUT2D eigenvalue weighted by Crippen LogP contribution is -2.29. The molecule has 0 fully saturated rings. The van der Waals surface area contributed by atoms with E-state index in [9.17, 15) is 4.79 Å². The van der Waals surface area contributed by atoms with Gasteiger partial charge in [0.1, 0.15) is 0 Å². The second kappa shape index (κ2) is 10.3. The van der Waals surface area contributed by atoms with Crippen LogP contribution in [0, 0.1) is 0 Å². The SMILES string of the molecule is CCCCCCCCOC(=O)C1=C(C)Nc2nc3ccccc3n2C1c1cccc(Br)c1. The normalized spacial score (nSPS) is 15.5. The van der Waals surface area contributed by atoms with E-state index in [2.05, 4.69) is 38.8 Å². The van der Waals surface area contributed by atoms with E-state index in [4.69, 9.17) is 9.72 Å². The maximum atomic E-state index is 13.3. The van der Waals surface area contributed by atoms with E-state index in [1.165, 1.54) is 25.7 Å². The fourth-order valence-electron chi connectivity index (χ4n) is 4.35. The summed E-state index contributed by atoms with van der Waals surface area (Å²) in [7, 11) is 0. The number of para-hydroxylation sites is 2. The van der Waals surface area contributed by atoms with Gasteiger partial charge in [-0.25, -0.2) is 9.78 Å². The van der Waals surface area contributed by atoms with Crippen molar-refractivity contribution in [3.63, 3.8) is 0 Å². The Balaban J connectivity index is 1.62. The van der Waals surface area contributed by atoms with E-state index in [0.717, 1.165) is 45.6 Å². The van der Waals surface area contributed by atoms with Gasteiger partial charge in [0, 0.05) is 10.2 Å². The van der Waals surface area contributed by atoms with E-state index in [0.29, 0.717) is 12.2 Å². The van der Waals surface area contributed by atoms with Crippen LogP contribution >= 0.6 is 15.9 Å². The molecule has 1 N–H and O–H groups in total. The van der Waals surface area contributed by atoms with Crippen LogP contribution in [0.1, 0.15) is 64.0 Å². The van der Waals surface area contributed by atoms with Crippen LogP contribution in [-0.4, -0.2) is 22.1 Å². The summed E-state index contributed by atoms with van der Waals surface area (Å²) >= 11 is 3.59. The number of ether oxygens (including phenoxy) is 1. The molecule has 1 aliphatic rings. The lowest BCUT2D eigenvalue weighted by atomic mass is 9.95. The van der Waals surface area contributed by atoms with Crippen LogP contribution in [0.4, 0.5) is 5.95 Å². The molecule has 2 aromatic carbocycles. The molecule has 0 spiro atoms. The van der Waals surface area contributed by atoms with Crippen molar-refractivity contribution in [3.05, 3.63) is 69.8 Å². The molecule has 0 radical (unpaired) electrons. The fourth-order valence-corrected chi connectivity index (χ4v) is 4.76. The van der Waals surface area contributed by atoms with E-state index < -0.39 is 0 Å². The van der Waals surface area contributed by atoms with Crippen LogP contribution in [0.3, 0.4) is 0 Å². The minimum atomic E-state index is -0.312. The Bertz CT molecular complexity index is 1140. The third-order valence-electron chi connectivity index (χ3n) is 5.95. The van der Waals surface area contributed by atoms with Gasteiger partial charge >= 0.3 is 5.97 Å². The van der Waals surface area contributed by atoms with Crippen LogP contribution in [-0.2, 0) is 9.53 Å². The minimum absolute atomic E-state index is 0.267. The lowest BCUT2D eigenvalue weighted by molar-refractivity contribution is -0.139. The third kappa shape index (κ3) is 4.75. The van der Waals surface area contributed by atoms with Crippen molar-refractivity contribution in [2.75, 3.05) is 11.9 Å². The number of anilines is 1. The Morgan fingerprint density at radius 3 is 2.69 bits per heavy atom. The zero-order valence-corrected chi connectivity index (χ0v) is 20.3. The molecule has 6 heteroatoms. The zero-order valence-electron chi connectivity index (χ0n) is 18.7. The summed E-state index contributed by atoms with van der Waals surface area (Å²) in [6, 6.07) is 15.8. The molecule has 1 aromatic heterocycles. The standard InChI is InChI=1S/C26H30BrN3O2/c1-3-4-5-6-7-10-16-32-25(31)23-18(2)28-26-29-21-14-8-9-15-22(21)30(26)24(23)19-12-11-13-20(27)17-19/h8-9,11-15,17,24H,3-7,10,16H2,1-2H3,(H,28,29). The predicted molar refractivity (Wildman–Crippen MR) is 133 cm³/mol. The van der Waals surface area contributed by atoms with Gasteiger partial charge in [0.05, 0.1) is 29.3 Å². The molecule has 0 saturated carbocycles. The van der Waals surface area contributed by atoms with Crippen molar-refractivity contribution < 1.29 is 9.53 Å². The number of esters is 1. The van der Waals surface area contributed by atoms with E-state index >= 15 is 0 Å². The predicted octanol–water partition coefficient (Wildman–Crippen LogP) is 6.99. The quantitative estimate of drug-likeness (QED) is 0.256. The molecule has 32 heavy (non-hydrogen) atoms. The van der Waals surface area contributed by atoms with Gasteiger partial charge in [-0.05, 0) is 43.2 Å². The molecule has 0 aliphatic carbocycles. The average molecular weight is 496 g/mol. The highest BCUT2D eigenvalue weighted by atomic mass is 79.9. The fraction of sp³-hybridized carbons (Fsp3) is 0.385. The number of fused-ring (bicyclic) bond motifs is 3. The Morgan fingerprint density at radius 2 is 1.88 bits per heavy atom. The molecule has 2 heterocycles. The topological polar surface area (TPSA) is 56.1 Å². The summed E-state index contributed by atoms with van der Waals surface area (Å²) in [6.07, 6.45) is 6.94. The van der Waals surface area contributed by atoms with Crippen molar-refractivity contribution in [3.8, 4) is 0 Å². The number of nitrogens with zero attached hydrogens (tertiary/aromatic N) is 2. The highest BCUT2D eigenvalue weighted by molar-refractivity contribution is 9.10. The van der Waals surface area contributed by atoms with Crippen molar-refractivity contribution >= 4 is 38.9 Å². The molecule has 1 aliphatic heterocycles. The highest BCUT2D eigenvalue weighted by Crippen LogP contribution is 2.40. The van der Waals surface area contributed by atoms with E-state index in [1.807, 2.05) is 49.4 Å². The van der Waals surface area contributed by atoms with Crippen molar-refractivity contribution in [1.29, 1.82) is 0 Å². The third-order valence-corrected chi connectivity index (χ3v) is 6.44. The Hall–Kier alpha value is -2.60. The molecule has 168 valence electrons. The first kappa shape index (κ1) is 22.6. The summed E-state index contributed by atoms with van der Waals surface area (Å²) in [5, 5.41) is 3.34. The molecule has 5 nitrogen and oxygen atoms in total. The first-order chi connectivity index (χ1) is 15.6. The van der Waals surface area contributed by atoms with Crippen LogP contribution in [0.25, 0.3) is 11.0 Å². The maximum absolute atomic E-state index is 13.3. The second-order valence-electron chi connectivity index (χ2n) is 8.32. The number of nitrogens with one attached hydrogen (secondary N) is 1. The van der Waals surface area contributed by atoms with Crippen molar-refractivity contribution in [1.82, 2.24) is 9.55 Å². The monoisotopic (exact) mass is 495 g/mol. The smallest absolute Gasteiger partial charge is 0.338 e. The van der Waals surface area contributed by atoms with Gasteiger partial charge in [0.2, 0.25) is 5.95 Å². The first-order valence-corrected chi connectivity index (χ1v) is 12.3. The highest BCUT2D eigenvalue weighted by Gasteiger charge is 2.35. The van der Waals surface area contributed by atoms with Gasteiger partial charge in [-0.15, -0.1) is 0 Å². The van der Waals surface area contributed by atoms with Crippen molar-refractivity contribution in [2.24, 2.45) is 0 Å². The zero-order chi connectivity index (χ0) is 22.5. The summed E-state index contributed by atoms with van der Waals surface area (Å²) in [4.78, 5) is 18.1. The molecule has 0 saturated heterocycles. The molecule has 0 amide bonds. The van der Waals surface area contributed by atoms with Crippen LogP contribution in [0.2, 0.25) is 0 Å². The molecule has 4 rings (SSSR count).